The largest absolute Gasteiger partial charge is 0.469 e. The van der Waals surface area contributed by atoms with E-state index in [-0.39, 0.29) is 17.8 Å². The van der Waals surface area contributed by atoms with Crippen molar-refractivity contribution in [3.8, 4) is 6.07 Å². The lowest BCUT2D eigenvalue weighted by Crippen LogP contribution is -2.20. The van der Waals surface area contributed by atoms with Gasteiger partial charge in [-0.15, -0.1) is 0 Å². The van der Waals surface area contributed by atoms with E-state index in [2.05, 4.69) is 6.07 Å². The molecule has 0 N–H and O–H groups in total. The van der Waals surface area contributed by atoms with Crippen LogP contribution in [0.1, 0.15) is 30.4 Å². The first-order valence-electron chi connectivity index (χ1n) is 5.61. The van der Waals surface area contributed by atoms with E-state index < -0.39 is 0 Å². The number of nitriles is 1. The third-order valence-corrected chi connectivity index (χ3v) is 2.99. The summed E-state index contributed by atoms with van der Waals surface area (Å²) in [6, 6.07) is 10.1. The second kappa shape index (κ2) is 6.05. The minimum Gasteiger partial charge on any atom is -0.469 e. The highest BCUT2D eigenvalue weighted by Crippen LogP contribution is 2.28. The third-order valence-electron chi connectivity index (χ3n) is 2.99. The molecule has 1 rings (SSSR count). The Morgan fingerprint density at radius 1 is 1.41 bits per heavy atom. The van der Waals surface area contributed by atoms with E-state index in [0.717, 1.165) is 11.1 Å². The maximum Gasteiger partial charge on any atom is 0.309 e. The summed E-state index contributed by atoms with van der Waals surface area (Å²) in [5, 5.41) is 8.85. The summed E-state index contributed by atoms with van der Waals surface area (Å²) in [6.45, 7) is 3.81. The fraction of sp³-hybridized carbons (Fsp3) is 0.429. The van der Waals surface area contributed by atoms with Gasteiger partial charge in [-0.1, -0.05) is 36.8 Å². The van der Waals surface area contributed by atoms with E-state index in [4.69, 9.17) is 10.00 Å². The third kappa shape index (κ3) is 3.32. The first-order chi connectivity index (χ1) is 8.10. The molecule has 90 valence electrons. The number of rotatable bonds is 4. The molecule has 17 heavy (non-hydrogen) atoms. The van der Waals surface area contributed by atoms with Crippen molar-refractivity contribution < 1.29 is 9.53 Å². The summed E-state index contributed by atoms with van der Waals surface area (Å²) in [5.74, 6) is -0.679. The highest BCUT2D eigenvalue weighted by molar-refractivity contribution is 5.73. The second-order valence-corrected chi connectivity index (χ2v) is 4.19. The molecule has 0 aliphatic rings. The summed E-state index contributed by atoms with van der Waals surface area (Å²) >= 11 is 0. The van der Waals surface area contributed by atoms with Crippen LogP contribution >= 0.6 is 0 Å². The predicted molar refractivity (Wildman–Crippen MR) is 65.3 cm³/mol. The molecule has 0 bridgehead atoms. The van der Waals surface area contributed by atoms with Crippen molar-refractivity contribution in [2.45, 2.75) is 26.2 Å². The lowest BCUT2D eigenvalue weighted by Gasteiger charge is -2.20. The zero-order valence-electron chi connectivity index (χ0n) is 10.4. The maximum atomic E-state index is 11.5. The quantitative estimate of drug-likeness (QED) is 0.749. The Balaban J connectivity index is 2.97. The Labute approximate surface area is 102 Å². The maximum absolute atomic E-state index is 11.5. The van der Waals surface area contributed by atoms with Gasteiger partial charge in [0.25, 0.3) is 0 Å². The van der Waals surface area contributed by atoms with Gasteiger partial charge in [-0.25, -0.2) is 0 Å². The molecule has 1 aromatic rings. The highest BCUT2D eigenvalue weighted by Gasteiger charge is 2.25. The van der Waals surface area contributed by atoms with Crippen LogP contribution in [0, 0.1) is 24.2 Å². The Morgan fingerprint density at radius 2 is 2.00 bits per heavy atom. The topological polar surface area (TPSA) is 50.1 Å². The van der Waals surface area contributed by atoms with Gasteiger partial charge in [-0.3, -0.25) is 4.79 Å². The van der Waals surface area contributed by atoms with Gasteiger partial charge in [-0.05, 0) is 12.5 Å². The van der Waals surface area contributed by atoms with Gasteiger partial charge in [-0.2, -0.15) is 5.26 Å². The van der Waals surface area contributed by atoms with Crippen molar-refractivity contribution >= 4 is 5.97 Å². The van der Waals surface area contributed by atoms with Crippen molar-refractivity contribution in [1.29, 1.82) is 5.26 Å². The average molecular weight is 231 g/mol. The molecule has 0 heterocycles. The molecule has 0 spiro atoms. The number of carbonyl (C=O) groups is 1. The molecule has 0 fully saturated rings. The molecule has 3 nitrogen and oxygen atoms in total. The number of methoxy groups -OCH3 is 1. The van der Waals surface area contributed by atoms with Gasteiger partial charge in [0.1, 0.15) is 0 Å². The lowest BCUT2D eigenvalue weighted by molar-refractivity contribution is -0.145. The zero-order valence-corrected chi connectivity index (χ0v) is 10.4. The van der Waals surface area contributed by atoms with E-state index in [0.29, 0.717) is 6.42 Å². The van der Waals surface area contributed by atoms with Crippen molar-refractivity contribution in [2.75, 3.05) is 7.11 Å². The first kappa shape index (κ1) is 13.2. The van der Waals surface area contributed by atoms with Gasteiger partial charge in [0, 0.05) is 12.3 Å². The Bertz CT molecular complexity index is 417. The number of carbonyl (C=O) groups excluding carboxylic acids is 1. The standard InChI is InChI=1S/C14H17NO2/c1-10-4-6-12(7-5-10)13(8-9-15)11(2)14(16)17-3/h4-7,11,13H,8H2,1-3H3. The van der Waals surface area contributed by atoms with Crippen LogP contribution in [0.5, 0.6) is 0 Å². The van der Waals surface area contributed by atoms with Crippen LogP contribution in [0.4, 0.5) is 0 Å². The zero-order chi connectivity index (χ0) is 12.8. The summed E-state index contributed by atoms with van der Waals surface area (Å²) in [6.07, 6.45) is 0.319. The number of aryl methyl sites for hydroxylation is 1. The van der Waals surface area contributed by atoms with Crippen LogP contribution in [-0.4, -0.2) is 13.1 Å². The van der Waals surface area contributed by atoms with E-state index >= 15 is 0 Å². The number of nitrogens with zero attached hydrogens (tertiary/aromatic N) is 1. The molecule has 2 unspecified atom stereocenters. The minimum atomic E-state index is -0.303. The SMILES string of the molecule is COC(=O)C(C)C(CC#N)c1ccc(C)cc1. The van der Waals surface area contributed by atoms with E-state index in [1.165, 1.54) is 7.11 Å². The first-order valence-corrected chi connectivity index (χ1v) is 5.61. The highest BCUT2D eigenvalue weighted by atomic mass is 16.5. The van der Waals surface area contributed by atoms with Crippen LogP contribution < -0.4 is 0 Å². The second-order valence-electron chi connectivity index (χ2n) is 4.19. The van der Waals surface area contributed by atoms with Crippen LogP contribution in [0.25, 0.3) is 0 Å². The molecular weight excluding hydrogens is 214 g/mol. The van der Waals surface area contributed by atoms with Crippen molar-refractivity contribution in [2.24, 2.45) is 5.92 Å². The van der Waals surface area contributed by atoms with Gasteiger partial charge in [0.15, 0.2) is 0 Å². The summed E-state index contributed by atoms with van der Waals surface area (Å²) in [7, 11) is 1.37. The summed E-state index contributed by atoms with van der Waals surface area (Å²) < 4.78 is 4.74. The Kier molecular flexibility index (Phi) is 4.71. The molecule has 0 saturated heterocycles. The fourth-order valence-electron chi connectivity index (χ4n) is 1.85. The molecular formula is C14H17NO2. The molecule has 3 heteroatoms. The smallest absolute Gasteiger partial charge is 0.309 e. The summed E-state index contributed by atoms with van der Waals surface area (Å²) in [4.78, 5) is 11.5. The molecule has 0 aliphatic heterocycles. The summed E-state index contributed by atoms with van der Waals surface area (Å²) in [5.41, 5.74) is 2.17. The van der Waals surface area contributed by atoms with Crippen LogP contribution in [0.3, 0.4) is 0 Å². The normalized spacial score (nSPS) is 13.5. The molecule has 0 aliphatic carbocycles. The number of hydrogen-bond donors (Lipinski definition) is 0. The van der Waals surface area contributed by atoms with Gasteiger partial charge in [0.2, 0.25) is 0 Å². The predicted octanol–water partition coefficient (Wildman–Crippen LogP) is 2.80. The number of ether oxygens (including phenoxy) is 1. The van der Waals surface area contributed by atoms with E-state index in [1.54, 1.807) is 6.92 Å². The van der Waals surface area contributed by atoms with Crippen LogP contribution in [0.2, 0.25) is 0 Å². The molecule has 1 aromatic carbocycles. The molecule has 2 atom stereocenters. The molecule has 0 radical (unpaired) electrons. The van der Waals surface area contributed by atoms with Gasteiger partial charge < -0.3 is 4.74 Å². The molecule has 0 amide bonds. The molecule has 0 saturated carbocycles. The molecule has 0 aromatic heterocycles. The van der Waals surface area contributed by atoms with Crippen molar-refractivity contribution in [1.82, 2.24) is 0 Å². The average Bonchev–Trinajstić information content (AvgIpc) is 2.35. The fourth-order valence-corrected chi connectivity index (χ4v) is 1.85. The Morgan fingerprint density at radius 3 is 2.47 bits per heavy atom. The van der Waals surface area contributed by atoms with Crippen molar-refractivity contribution in [3.05, 3.63) is 35.4 Å². The number of benzene rings is 1. The van der Waals surface area contributed by atoms with Crippen molar-refractivity contribution in [3.63, 3.8) is 0 Å². The monoisotopic (exact) mass is 231 g/mol. The number of esters is 1. The van der Waals surface area contributed by atoms with E-state index in [1.807, 2.05) is 31.2 Å². The van der Waals surface area contributed by atoms with E-state index in [9.17, 15) is 4.79 Å². The van der Waals surface area contributed by atoms with Gasteiger partial charge in [0.05, 0.1) is 19.1 Å². The Hall–Kier alpha value is -1.82. The van der Waals surface area contributed by atoms with Gasteiger partial charge >= 0.3 is 5.97 Å². The number of hydrogen-bond acceptors (Lipinski definition) is 3. The minimum absolute atomic E-state index is 0.104. The van der Waals surface area contributed by atoms with Crippen LogP contribution in [-0.2, 0) is 9.53 Å². The lowest BCUT2D eigenvalue weighted by atomic mass is 9.85. The van der Waals surface area contributed by atoms with Crippen LogP contribution in [0.15, 0.2) is 24.3 Å².